The van der Waals surface area contributed by atoms with E-state index in [1.807, 2.05) is 0 Å². The zero-order chi connectivity index (χ0) is 15.5. The minimum Gasteiger partial charge on any atom is -0.478 e. The lowest BCUT2D eigenvalue weighted by Gasteiger charge is -2.09. The maximum Gasteiger partial charge on any atom is 0.335 e. The van der Waals surface area contributed by atoms with Crippen LogP contribution < -0.4 is 0 Å². The van der Waals surface area contributed by atoms with Gasteiger partial charge in [0, 0.05) is 9.79 Å². The minimum absolute atomic E-state index is 0.0275. The molecule has 0 spiro atoms. The largest absolute Gasteiger partial charge is 0.478 e. The van der Waals surface area contributed by atoms with E-state index in [4.69, 9.17) is 5.11 Å². The SMILES string of the molecule is CCS(=O)(=O)c1ccccc1Sc1cccc(C(=O)O)c1. The normalized spacial score (nSPS) is 11.3. The van der Waals surface area contributed by atoms with Crippen LogP contribution in [0.4, 0.5) is 0 Å². The Morgan fingerprint density at radius 3 is 2.52 bits per heavy atom. The van der Waals surface area contributed by atoms with Crippen LogP contribution in [0, 0.1) is 0 Å². The lowest BCUT2D eigenvalue weighted by molar-refractivity contribution is 0.0696. The topological polar surface area (TPSA) is 71.4 Å². The second kappa shape index (κ2) is 6.32. The first-order chi connectivity index (χ1) is 9.94. The van der Waals surface area contributed by atoms with Gasteiger partial charge in [-0.1, -0.05) is 36.9 Å². The van der Waals surface area contributed by atoms with Gasteiger partial charge in [0.15, 0.2) is 9.84 Å². The molecule has 110 valence electrons. The highest BCUT2D eigenvalue weighted by molar-refractivity contribution is 8.00. The highest BCUT2D eigenvalue weighted by atomic mass is 32.2. The van der Waals surface area contributed by atoms with E-state index in [0.29, 0.717) is 9.79 Å². The summed E-state index contributed by atoms with van der Waals surface area (Å²) in [5.74, 6) is -0.980. The van der Waals surface area contributed by atoms with E-state index in [-0.39, 0.29) is 16.2 Å². The summed E-state index contributed by atoms with van der Waals surface area (Å²) in [6, 6.07) is 13.2. The van der Waals surface area contributed by atoms with Gasteiger partial charge in [0.2, 0.25) is 0 Å². The number of aromatic carboxylic acids is 1. The van der Waals surface area contributed by atoms with Crippen molar-refractivity contribution in [1.82, 2.24) is 0 Å². The highest BCUT2D eigenvalue weighted by Crippen LogP contribution is 2.33. The maximum atomic E-state index is 12.1. The Kier molecular flexibility index (Phi) is 4.69. The molecule has 2 aromatic carbocycles. The van der Waals surface area contributed by atoms with Crippen LogP contribution in [0.15, 0.2) is 63.2 Å². The van der Waals surface area contributed by atoms with E-state index in [1.54, 1.807) is 43.3 Å². The molecule has 0 bridgehead atoms. The van der Waals surface area contributed by atoms with Gasteiger partial charge >= 0.3 is 5.97 Å². The standard InChI is InChI=1S/C15H14O4S2/c1-2-21(18,19)14-9-4-3-8-13(14)20-12-7-5-6-11(10-12)15(16)17/h3-10H,2H2,1H3,(H,16,17). The minimum atomic E-state index is -3.31. The fraction of sp³-hybridized carbons (Fsp3) is 0.133. The molecule has 0 aliphatic carbocycles. The number of benzene rings is 2. The van der Waals surface area contributed by atoms with Crippen molar-refractivity contribution in [3.63, 3.8) is 0 Å². The Balaban J connectivity index is 2.41. The predicted octanol–water partition coefficient (Wildman–Crippen LogP) is 3.33. The number of sulfone groups is 1. The number of carbonyl (C=O) groups is 1. The average molecular weight is 322 g/mol. The van der Waals surface area contributed by atoms with Crippen LogP contribution in [0.1, 0.15) is 17.3 Å². The predicted molar refractivity (Wildman–Crippen MR) is 81.7 cm³/mol. The molecule has 0 amide bonds. The van der Waals surface area contributed by atoms with Crippen molar-refractivity contribution in [2.24, 2.45) is 0 Å². The lowest BCUT2D eigenvalue weighted by atomic mass is 10.2. The van der Waals surface area contributed by atoms with Gasteiger partial charge in [-0.05, 0) is 30.3 Å². The summed E-state index contributed by atoms with van der Waals surface area (Å²) < 4.78 is 24.2. The number of hydrogen-bond donors (Lipinski definition) is 1. The third-order valence-corrected chi connectivity index (χ3v) is 5.85. The summed E-state index contributed by atoms with van der Waals surface area (Å²) in [4.78, 5) is 12.5. The molecular formula is C15H14O4S2. The van der Waals surface area contributed by atoms with Crippen molar-refractivity contribution in [3.05, 3.63) is 54.1 Å². The molecule has 21 heavy (non-hydrogen) atoms. The lowest BCUT2D eigenvalue weighted by Crippen LogP contribution is -2.05. The third-order valence-electron chi connectivity index (χ3n) is 2.87. The van der Waals surface area contributed by atoms with Crippen molar-refractivity contribution in [2.75, 3.05) is 5.75 Å². The Labute approximate surface area is 127 Å². The van der Waals surface area contributed by atoms with Crippen LogP contribution in [0.5, 0.6) is 0 Å². The molecule has 2 aromatic rings. The van der Waals surface area contributed by atoms with Gasteiger partial charge in [-0.2, -0.15) is 0 Å². The van der Waals surface area contributed by atoms with Gasteiger partial charge in [0.05, 0.1) is 16.2 Å². The molecule has 0 saturated carbocycles. The highest BCUT2D eigenvalue weighted by Gasteiger charge is 2.17. The number of rotatable bonds is 5. The fourth-order valence-electron chi connectivity index (χ4n) is 1.77. The molecular weight excluding hydrogens is 308 g/mol. The molecule has 4 nitrogen and oxygen atoms in total. The first-order valence-corrected chi connectivity index (χ1v) is 8.74. The Hall–Kier alpha value is -1.79. The van der Waals surface area contributed by atoms with Gasteiger partial charge < -0.3 is 5.11 Å². The van der Waals surface area contributed by atoms with E-state index in [1.165, 1.54) is 23.9 Å². The van der Waals surface area contributed by atoms with Crippen LogP contribution in [0.2, 0.25) is 0 Å². The van der Waals surface area contributed by atoms with E-state index in [9.17, 15) is 13.2 Å². The van der Waals surface area contributed by atoms with Crippen LogP contribution >= 0.6 is 11.8 Å². The van der Waals surface area contributed by atoms with Crippen LogP contribution in [-0.4, -0.2) is 25.2 Å². The van der Waals surface area contributed by atoms with Crippen LogP contribution in [-0.2, 0) is 9.84 Å². The Morgan fingerprint density at radius 1 is 1.14 bits per heavy atom. The summed E-state index contributed by atoms with van der Waals surface area (Å²) in [6.45, 7) is 1.60. The van der Waals surface area contributed by atoms with Crippen LogP contribution in [0.25, 0.3) is 0 Å². The molecule has 0 atom stereocenters. The molecule has 0 radical (unpaired) electrons. The molecule has 2 rings (SSSR count). The Morgan fingerprint density at radius 2 is 1.86 bits per heavy atom. The molecule has 0 fully saturated rings. The molecule has 0 aliphatic rings. The number of carboxylic acid groups (broad SMARTS) is 1. The molecule has 0 unspecified atom stereocenters. The third kappa shape index (κ3) is 3.65. The summed E-state index contributed by atoms with van der Waals surface area (Å²) in [5, 5.41) is 8.99. The van der Waals surface area contributed by atoms with Crippen molar-refractivity contribution in [2.45, 2.75) is 21.6 Å². The summed E-state index contributed by atoms with van der Waals surface area (Å²) in [7, 11) is -3.31. The fourth-order valence-corrected chi connectivity index (χ4v) is 4.15. The summed E-state index contributed by atoms with van der Waals surface area (Å²) in [5.41, 5.74) is 0.177. The molecule has 1 N–H and O–H groups in total. The maximum absolute atomic E-state index is 12.1. The second-order valence-electron chi connectivity index (χ2n) is 4.29. The van der Waals surface area contributed by atoms with E-state index in [0.717, 1.165) is 0 Å². The van der Waals surface area contributed by atoms with Crippen molar-refractivity contribution < 1.29 is 18.3 Å². The van der Waals surface area contributed by atoms with Crippen LogP contribution in [0.3, 0.4) is 0 Å². The van der Waals surface area contributed by atoms with Crippen molar-refractivity contribution in [3.8, 4) is 0 Å². The molecule has 0 saturated heterocycles. The number of hydrogen-bond acceptors (Lipinski definition) is 4. The van der Waals surface area contributed by atoms with E-state index >= 15 is 0 Å². The molecule has 0 aromatic heterocycles. The van der Waals surface area contributed by atoms with Gasteiger partial charge in [-0.25, -0.2) is 13.2 Å². The smallest absolute Gasteiger partial charge is 0.335 e. The Bertz CT molecular complexity index is 767. The van der Waals surface area contributed by atoms with E-state index < -0.39 is 15.8 Å². The zero-order valence-electron chi connectivity index (χ0n) is 11.3. The summed E-state index contributed by atoms with van der Waals surface area (Å²) >= 11 is 1.25. The zero-order valence-corrected chi connectivity index (χ0v) is 12.9. The van der Waals surface area contributed by atoms with Gasteiger partial charge in [-0.15, -0.1) is 0 Å². The molecule has 0 aliphatic heterocycles. The van der Waals surface area contributed by atoms with Gasteiger partial charge in [-0.3, -0.25) is 0 Å². The summed E-state index contributed by atoms with van der Waals surface area (Å²) in [6.07, 6.45) is 0. The molecule has 6 heteroatoms. The molecule has 0 heterocycles. The number of carboxylic acids is 1. The van der Waals surface area contributed by atoms with E-state index in [2.05, 4.69) is 0 Å². The van der Waals surface area contributed by atoms with Gasteiger partial charge in [0.25, 0.3) is 0 Å². The average Bonchev–Trinajstić information content (AvgIpc) is 2.48. The monoisotopic (exact) mass is 322 g/mol. The first kappa shape index (κ1) is 15.6. The second-order valence-corrected chi connectivity index (χ2v) is 7.65. The quantitative estimate of drug-likeness (QED) is 0.914. The van der Waals surface area contributed by atoms with Crippen molar-refractivity contribution >= 4 is 27.6 Å². The first-order valence-electron chi connectivity index (χ1n) is 6.27. The van der Waals surface area contributed by atoms with Crippen molar-refractivity contribution in [1.29, 1.82) is 0 Å². The van der Waals surface area contributed by atoms with Gasteiger partial charge in [0.1, 0.15) is 0 Å².